The highest BCUT2D eigenvalue weighted by Crippen LogP contribution is 2.28. The largest absolute Gasteiger partial charge is 0.294 e. The van der Waals surface area contributed by atoms with Gasteiger partial charge in [-0.1, -0.05) is 35.9 Å². The van der Waals surface area contributed by atoms with E-state index in [4.69, 9.17) is 0 Å². The Labute approximate surface area is 140 Å². The molecule has 0 unspecified atom stereocenters. The Hall–Kier alpha value is -1.50. The molecule has 4 nitrogen and oxygen atoms in total. The van der Waals surface area contributed by atoms with Gasteiger partial charge in [-0.15, -0.1) is 11.3 Å². The molecule has 6 heteroatoms. The molecule has 0 saturated carbocycles. The van der Waals surface area contributed by atoms with Crippen molar-refractivity contribution in [3.63, 3.8) is 0 Å². The van der Waals surface area contributed by atoms with Gasteiger partial charge in [0.25, 0.3) is 10.0 Å². The molecule has 2 heterocycles. The molecule has 0 aliphatic carbocycles. The van der Waals surface area contributed by atoms with Gasteiger partial charge in [-0.05, 0) is 31.2 Å². The van der Waals surface area contributed by atoms with Gasteiger partial charge < -0.3 is 0 Å². The first-order valence-corrected chi connectivity index (χ1v) is 9.95. The third-order valence-corrected chi connectivity index (χ3v) is 7.52. The number of hydrogen-bond acceptors (Lipinski definition) is 4. The van der Waals surface area contributed by atoms with Gasteiger partial charge in [-0.3, -0.25) is 4.79 Å². The minimum absolute atomic E-state index is 0.0903. The molecular formula is C17H19NO3S2. The molecule has 1 saturated heterocycles. The van der Waals surface area contributed by atoms with E-state index in [1.807, 2.05) is 31.2 Å². The number of sulfonamides is 1. The number of Topliss-reactive ketones (excluding diaryl/α,β-unsaturated/α-hetero) is 1. The number of nitrogens with zero attached hydrogens (tertiary/aromatic N) is 1. The highest BCUT2D eigenvalue weighted by atomic mass is 32.2. The quantitative estimate of drug-likeness (QED) is 0.796. The van der Waals surface area contributed by atoms with Crippen LogP contribution in [0.2, 0.25) is 0 Å². The topological polar surface area (TPSA) is 54.5 Å². The highest BCUT2D eigenvalue weighted by Gasteiger charge is 2.32. The van der Waals surface area contributed by atoms with E-state index in [9.17, 15) is 13.2 Å². The summed E-state index contributed by atoms with van der Waals surface area (Å²) in [6.45, 7) is 2.80. The molecule has 1 aliphatic heterocycles. The summed E-state index contributed by atoms with van der Waals surface area (Å²) in [6, 6.07) is 10.9. The summed E-state index contributed by atoms with van der Waals surface area (Å²) in [5, 5.41) is 1.76. The Morgan fingerprint density at radius 1 is 1.13 bits per heavy atom. The molecule has 1 aromatic heterocycles. The predicted octanol–water partition coefficient (Wildman–Crippen LogP) is 3.34. The first-order chi connectivity index (χ1) is 11.0. The Morgan fingerprint density at radius 2 is 1.78 bits per heavy atom. The smallest absolute Gasteiger partial charge is 0.252 e. The molecule has 0 atom stereocenters. The van der Waals surface area contributed by atoms with Gasteiger partial charge in [0.1, 0.15) is 4.21 Å². The lowest BCUT2D eigenvalue weighted by molar-refractivity contribution is 0.0875. The van der Waals surface area contributed by atoms with E-state index in [1.165, 1.54) is 15.6 Å². The second-order valence-electron chi connectivity index (χ2n) is 5.84. The van der Waals surface area contributed by atoms with E-state index in [2.05, 4.69) is 0 Å². The zero-order valence-electron chi connectivity index (χ0n) is 12.9. The zero-order valence-corrected chi connectivity index (χ0v) is 14.6. The van der Waals surface area contributed by atoms with Crippen LogP contribution in [0.4, 0.5) is 0 Å². The maximum Gasteiger partial charge on any atom is 0.252 e. The zero-order chi connectivity index (χ0) is 16.4. The predicted molar refractivity (Wildman–Crippen MR) is 91.3 cm³/mol. The first kappa shape index (κ1) is 16.4. The van der Waals surface area contributed by atoms with Crippen LogP contribution in [0.5, 0.6) is 0 Å². The lowest BCUT2D eigenvalue weighted by Crippen LogP contribution is -2.40. The van der Waals surface area contributed by atoms with Crippen LogP contribution >= 0.6 is 11.3 Å². The molecular weight excluding hydrogens is 330 g/mol. The summed E-state index contributed by atoms with van der Waals surface area (Å²) in [5.41, 5.74) is 1.84. The second-order valence-corrected chi connectivity index (χ2v) is 8.95. The molecule has 122 valence electrons. The van der Waals surface area contributed by atoms with E-state index in [0.29, 0.717) is 30.1 Å². The van der Waals surface area contributed by atoms with Crippen molar-refractivity contribution in [1.29, 1.82) is 0 Å². The van der Waals surface area contributed by atoms with Crippen LogP contribution in [-0.2, 0) is 10.0 Å². The van der Waals surface area contributed by atoms with Gasteiger partial charge in [-0.25, -0.2) is 8.42 Å². The van der Waals surface area contributed by atoms with Crippen molar-refractivity contribution in [2.45, 2.75) is 24.0 Å². The van der Waals surface area contributed by atoms with Crippen molar-refractivity contribution in [2.75, 3.05) is 13.1 Å². The van der Waals surface area contributed by atoms with Crippen LogP contribution in [0.1, 0.15) is 28.8 Å². The minimum atomic E-state index is -3.40. The molecule has 1 fully saturated rings. The maximum absolute atomic E-state index is 12.5. The molecule has 1 aromatic carbocycles. The van der Waals surface area contributed by atoms with Crippen molar-refractivity contribution in [3.8, 4) is 0 Å². The summed E-state index contributed by atoms with van der Waals surface area (Å²) in [7, 11) is -3.40. The third-order valence-electron chi connectivity index (χ3n) is 4.25. The minimum Gasteiger partial charge on any atom is -0.294 e. The average Bonchev–Trinajstić information content (AvgIpc) is 3.10. The molecule has 23 heavy (non-hydrogen) atoms. The van der Waals surface area contributed by atoms with Crippen LogP contribution in [0, 0.1) is 12.8 Å². The molecule has 0 spiro atoms. The fraction of sp³-hybridized carbons (Fsp3) is 0.353. The maximum atomic E-state index is 12.5. The number of ketones is 1. The van der Waals surface area contributed by atoms with Crippen LogP contribution in [0.15, 0.2) is 46.0 Å². The number of hydrogen-bond donors (Lipinski definition) is 0. The normalized spacial score (nSPS) is 17.3. The second kappa shape index (κ2) is 6.55. The molecule has 0 radical (unpaired) electrons. The van der Waals surface area contributed by atoms with Crippen LogP contribution < -0.4 is 0 Å². The van der Waals surface area contributed by atoms with Gasteiger partial charge in [0, 0.05) is 24.6 Å². The summed E-state index contributed by atoms with van der Waals surface area (Å²) in [5.74, 6) is 0.0330. The van der Waals surface area contributed by atoms with E-state index in [-0.39, 0.29) is 11.7 Å². The Kier molecular flexibility index (Phi) is 4.66. The van der Waals surface area contributed by atoms with E-state index >= 15 is 0 Å². The molecule has 0 amide bonds. The summed E-state index contributed by atoms with van der Waals surface area (Å²) >= 11 is 1.23. The number of carbonyl (C=O) groups is 1. The molecule has 0 N–H and O–H groups in total. The third kappa shape index (κ3) is 3.39. The average molecular weight is 349 g/mol. The molecule has 3 rings (SSSR count). The summed E-state index contributed by atoms with van der Waals surface area (Å²) in [4.78, 5) is 12.5. The van der Waals surface area contributed by atoms with Crippen molar-refractivity contribution in [2.24, 2.45) is 5.92 Å². The Bertz CT molecular complexity index is 772. The fourth-order valence-electron chi connectivity index (χ4n) is 2.85. The monoisotopic (exact) mass is 349 g/mol. The van der Waals surface area contributed by atoms with Crippen molar-refractivity contribution >= 4 is 27.1 Å². The van der Waals surface area contributed by atoms with E-state index in [0.717, 1.165) is 11.1 Å². The number of thiophene rings is 1. The highest BCUT2D eigenvalue weighted by molar-refractivity contribution is 7.91. The van der Waals surface area contributed by atoms with E-state index < -0.39 is 10.0 Å². The lowest BCUT2D eigenvalue weighted by atomic mass is 9.89. The summed E-state index contributed by atoms with van der Waals surface area (Å²) in [6.07, 6.45) is 1.16. The van der Waals surface area contributed by atoms with Gasteiger partial charge in [0.15, 0.2) is 5.78 Å². The number of aryl methyl sites for hydroxylation is 1. The van der Waals surface area contributed by atoms with Crippen LogP contribution in [0.3, 0.4) is 0 Å². The van der Waals surface area contributed by atoms with Crippen molar-refractivity contribution in [3.05, 3.63) is 52.9 Å². The van der Waals surface area contributed by atoms with Gasteiger partial charge in [0.05, 0.1) is 0 Å². The number of piperidine rings is 1. The van der Waals surface area contributed by atoms with Crippen molar-refractivity contribution in [1.82, 2.24) is 4.31 Å². The van der Waals surface area contributed by atoms with Crippen LogP contribution in [0.25, 0.3) is 0 Å². The number of rotatable bonds is 4. The van der Waals surface area contributed by atoms with Gasteiger partial charge in [-0.2, -0.15) is 4.31 Å². The summed E-state index contributed by atoms with van der Waals surface area (Å²) < 4.78 is 26.8. The standard InChI is InChI=1S/C17H19NO3S2/c1-13-4-6-14(7-5-13)17(19)15-8-10-18(11-9-15)23(20,21)16-3-2-12-22-16/h2-7,12,15H,8-11H2,1H3. The molecule has 2 aromatic rings. The number of benzene rings is 1. The fourth-order valence-corrected chi connectivity index (χ4v) is 5.46. The van der Waals surface area contributed by atoms with Gasteiger partial charge >= 0.3 is 0 Å². The first-order valence-electron chi connectivity index (χ1n) is 7.63. The Balaban J connectivity index is 1.67. The van der Waals surface area contributed by atoms with Crippen molar-refractivity contribution < 1.29 is 13.2 Å². The van der Waals surface area contributed by atoms with Gasteiger partial charge in [0.2, 0.25) is 0 Å². The number of carbonyl (C=O) groups excluding carboxylic acids is 1. The molecule has 0 bridgehead atoms. The van der Waals surface area contributed by atoms with E-state index in [1.54, 1.807) is 17.5 Å². The molecule has 1 aliphatic rings. The lowest BCUT2D eigenvalue weighted by Gasteiger charge is -2.30. The Morgan fingerprint density at radius 3 is 2.35 bits per heavy atom. The van der Waals surface area contributed by atoms with Crippen LogP contribution in [-0.4, -0.2) is 31.6 Å². The SMILES string of the molecule is Cc1ccc(C(=O)C2CCN(S(=O)(=O)c3cccs3)CC2)cc1.